The van der Waals surface area contributed by atoms with Gasteiger partial charge in [0, 0.05) is 13.1 Å². The summed E-state index contributed by atoms with van der Waals surface area (Å²) in [5.41, 5.74) is 3.94. The number of nitrogens with two attached hydrogens (primary N) is 1. The number of rotatable bonds is 6. The van der Waals surface area contributed by atoms with Gasteiger partial charge in [-0.05, 0) is 6.92 Å². The van der Waals surface area contributed by atoms with E-state index in [1.807, 2.05) is 0 Å². The molecule has 0 saturated carbocycles. The van der Waals surface area contributed by atoms with Gasteiger partial charge in [0.15, 0.2) is 0 Å². The van der Waals surface area contributed by atoms with E-state index in [-0.39, 0.29) is 19.7 Å². The van der Waals surface area contributed by atoms with Gasteiger partial charge in [-0.3, -0.25) is 4.79 Å². The highest BCUT2D eigenvalue weighted by molar-refractivity contribution is 5.73. The summed E-state index contributed by atoms with van der Waals surface area (Å²) >= 11 is 0. The van der Waals surface area contributed by atoms with E-state index in [1.54, 1.807) is 0 Å². The maximum Gasteiger partial charge on any atom is 0.321 e. The molecule has 0 aliphatic heterocycles. The number of aliphatic carboxylic acids is 1. The fourth-order valence-electron chi connectivity index (χ4n) is 0.640. The highest BCUT2D eigenvalue weighted by Crippen LogP contribution is 1.97. The van der Waals surface area contributed by atoms with E-state index < -0.39 is 17.6 Å². The number of carbonyl (C=O) groups is 1. The van der Waals surface area contributed by atoms with Crippen LogP contribution in [0.15, 0.2) is 0 Å². The summed E-state index contributed by atoms with van der Waals surface area (Å²) < 4.78 is 0. The van der Waals surface area contributed by atoms with Gasteiger partial charge >= 0.3 is 5.97 Å². The van der Waals surface area contributed by atoms with Crippen LogP contribution in [0.5, 0.6) is 0 Å². The number of nitrogens with one attached hydrogen (secondary N) is 1. The Bertz CT molecular complexity index is 172. The minimum absolute atomic E-state index is 0.0610. The van der Waals surface area contributed by atoms with Crippen molar-refractivity contribution in [2.24, 2.45) is 5.73 Å². The third-order valence-electron chi connectivity index (χ3n) is 1.53. The Morgan fingerprint density at radius 1 is 1.69 bits per heavy atom. The first-order valence-corrected chi connectivity index (χ1v) is 3.91. The van der Waals surface area contributed by atoms with E-state index in [4.69, 9.17) is 15.9 Å². The molecule has 0 aromatic rings. The van der Waals surface area contributed by atoms with Crippen LogP contribution in [0.25, 0.3) is 0 Å². The molecule has 0 heterocycles. The molecule has 0 aliphatic rings. The zero-order valence-electron chi connectivity index (χ0n) is 7.53. The molecule has 2 unspecified atom stereocenters. The van der Waals surface area contributed by atoms with Gasteiger partial charge < -0.3 is 26.4 Å². The van der Waals surface area contributed by atoms with Crippen molar-refractivity contribution in [1.82, 2.24) is 5.32 Å². The lowest BCUT2D eigenvalue weighted by molar-refractivity contribution is -0.138. The average molecular weight is 192 g/mol. The van der Waals surface area contributed by atoms with Crippen LogP contribution in [0.3, 0.4) is 0 Å². The van der Waals surface area contributed by atoms with Gasteiger partial charge in [-0.2, -0.15) is 0 Å². The SMILES string of the molecule is CC(O)(CO)CNCC(N)C(=O)O. The van der Waals surface area contributed by atoms with Crippen LogP contribution in [-0.4, -0.2) is 52.6 Å². The number of hydrogen-bond acceptors (Lipinski definition) is 5. The fraction of sp³-hybridized carbons (Fsp3) is 0.857. The van der Waals surface area contributed by atoms with Crippen molar-refractivity contribution < 1.29 is 20.1 Å². The van der Waals surface area contributed by atoms with Crippen molar-refractivity contribution in [3.05, 3.63) is 0 Å². The van der Waals surface area contributed by atoms with Crippen LogP contribution >= 0.6 is 0 Å². The van der Waals surface area contributed by atoms with Gasteiger partial charge in [0.05, 0.1) is 12.2 Å². The lowest BCUT2D eigenvalue weighted by atomic mass is 10.1. The highest BCUT2D eigenvalue weighted by Gasteiger charge is 2.19. The summed E-state index contributed by atoms with van der Waals surface area (Å²) in [5.74, 6) is -1.10. The predicted octanol–water partition coefficient (Wildman–Crippen LogP) is -2.27. The van der Waals surface area contributed by atoms with Gasteiger partial charge in [0.1, 0.15) is 6.04 Å². The Kier molecular flexibility index (Phi) is 4.86. The van der Waals surface area contributed by atoms with Crippen molar-refractivity contribution in [1.29, 1.82) is 0 Å². The molecule has 0 saturated heterocycles. The number of aliphatic hydroxyl groups excluding tert-OH is 1. The van der Waals surface area contributed by atoms with E-state index in [2.05, 4.69) is 5.32 Å². The molecular formula is C7H16N2O4. The second-order valence-electron chi connectivity index (χ2n) is 3.23. The first-order chi connectivity index (χ1) is 5.89. The number of carboxylic acid groups (broad SMARTS) is 1. The molecule has 2 atom stereocenters. The summed E-state index contributed by atoms with van der Waals surface area (Å²) in [5, 5.41) is 28.9. The summed E-state index contributed by atoms with van der Waals surface area (Å²) in [7, 11) is 0. The summed E-state index contributed by atoms with van der Waals surface area (Å²) in [6.07, 6.45) is 0. The van der Waals surface area contributed by atoms with E-state index in [9.17, 15) is 9.90 Å². The van der Waals surface area contributed by atoms with Crippen LogP contribution in [0.4, 0.5) is 0 Å². The van der Waals surface area contributed by atoms with Crippen molar-refractivity contribution in [3.63, 3.8) is 0 Å². The molecule has 6 N–H and O–H groups in total. The Balaban J connectivity index is 3.62. The van der Waals surface area contributed by atoms with Crippen LogP contribution < -0.4 is 11.1 Å². The number of carboxylic acids is 1. The maximum absolute atomic E-state index is 10.2. The van der Waals surface area contributed by atoms with Crippen LogP contribution in [0.2, 0.25) is 0 Å². The minimum atomic E-state index is -1.24. The molecule has 78 valence electrons. The topological polar surface area (TPSA) is 116 Å². The van der Waals surface area contributed by atoms with E-state index >= 15 is 0 Å². The van der Waals surface area contributed by atoms with Crippen LogP contribution in [0.1, 0.15) is 6.92 Å². The zero-order chi connectivity index (χ0) is 10.5. The lowest BCUT2D eigenvalue weighted by Crippen LogP contribution is -2.47. The molecule has 0 bridgehead atoms. The average Bonchev–Trinajstić information content (AvgIpc) is 2.04. The van der Waals surface area contributed by atoms with Crippen LogP contribution in [-0.2, 0) is 4.79 Å². The lowest BCUT2D eigenvalue weighted by Gasteiger charge is -2.21. The second-order valence-corrected chi connectivity index (χ2v) is 3.23. The maximum atomic E-state index is 10.2. The molecule has 6 nitrogen and oxygen atoms in total. The minimum Gasteiger partial charge on any atom is -0.480 e. The molecule has 0 aliphatic carbocycles. The molecule has 0 aromatic carbocycles. The molecule has 0 spiro atoms. The first-order valence-electron chi connectivity index (χ1n) is 3.91. The third kappa shape index (κ3) is 5.53. The molecule has 13 heavy (non-hydrogen) atoms. The van der Waals surface area contributed by atoms with Crippen LogP contribution in [0, 0.1) is 0 Å². The molecule has 0 radical (unpaired) electrons. The smallest absolute Gasteiger partial charge is 0.321 e. The normalized spacial score (nSPS) is 17.8. The van der Waals surface area contributed by atoms with Gasteiger partial charge in [0.2, 0.25) is 0 Å². The Labute approximate surface area is 76.4 Å². The third-order valence-corrected chi connectivity index (χ3v) is 1.53. The quantitative estimate of drug-likeness (QED) is 0.324. The Morgan fingerprint density at radius 2 is 2.23 bits per heavy atom. The summed E-state index contributed by atoms with van der Waals surface area (Å²) in [6, 6.07) is -0.991. The molecule has 0 amide bonds. The van der Waals surface area contributed by atoms with Gasteiger partial charge in [-0.15, -0.1) is 0 Å². The Morgan fingerprint density at radius 3 is 2.62 bits per heavy atom. The number of hydrogen-bond donors (Lipinski definition) is 5. The van der Waals surface area contributed by atoms with Crippen molar-refractivity contribution in [2.75, 3.05) is 19.7 Å². The second kappa shape index (κ2) is 5.13. The predicted molar refractivity (Wildman–Crippen MR) is 46.2 cm³/mol. The van der Waals surface area contributed by atoms with Gasteiger partial charge in [-0.25, -0.2) is 0 Å². The van der Waals surface area contributed by atoms with E-state index in [1.165, 1.54) is 6.92 Å². The monoisotopic (exact) mass is 192 g/mol. The van der Waals surface area contributed by atoms with Crippen molar-refractivity contribution in [2.45, 2.75) is 18.6 Å². The molecular weight excluding hydrogens is 176 g/mol. The molecule has 0 rings (SSSR count). The van der Waals surface area contributed by atoms with Crippen molar-refractivity contribution >= 4 is 5.97 Å². The largest absolute Gasteiger partial charge is 0.480 e. The molecule has 0 fully saturated rings. The zero-order valence-corrected chi connectivity index (χ0v) is 7.53. The molecule has 6 heteroatoms. The van der Waals surface area contributed by atoms with Gasteiger partial charge in [0.25, 0.3) is 0 Å². The van der Waals surface area contributed by atoms with Gasteiger partial charge in [-0.1, -0.05) is 0 Å². The Hall–Kier alpha value is -0.690. The number of aliphatic hydroxyl groups is 2. The first kappa shape index (κ1) is 12.3. The highest BCUT2D eigenvalue weighted by atomic mass is 16.4. The van der Waals surface area contributed by atoms with E-state index in [0.29, 0.717) is 0 Å². The fourth-order valence-corrected chi connectivity index (χ4v) is 0.640. The van der Waals surface area contributed by atoms with Crippen molar-refractivity contribution in [3.8, 4) is 0 Å². The summed E-state index contributed by atoms with van der Waals surface area (Å²) in [4.78, 5) is 10.2. The van der Waals surface area contributed by atoms with E-state index in [0.717, 1.165) is 0 Å². The molecule has 0 aromatic heterocycles. The summed E-state index contributed by atoms with van der Waals surface area (Å²) in [6.45, 7) is 1.21. The standard InChI is InChI=1S/C7H16N2O4/c1-7(13,4-10)3-9-2-5(8)6(11)12/h5,9-10,13H,2-4,8H2,1H3,(H,11,12).